The summed E-state index contributed by atoms with van der Waals surface area (Å²) in [4.78, 5) is 9.72. The number of rotatable bonds is 4. The predicted octanol–water partition coefficient (Wildman–Crippen LogP) is 2.41. The molecule has 21 heavy (non-hydrogen) atoms. The van der Waals surface area contributed by atoms with E-state index in [1.807, 2.05) is 24.5 Å². The van der Waals surface area contributed by atoms with Gasteiger partial charge in [-0.15, -0.1) is 0 Å². The van der Waals surface area contributed by atoms with Gasteiger partial charge in [0.25, 0.3) is 0 Å². The van der Waals surface area contributed by atoms with Crippen LogP contribution in [-0.2, 0) is 0 Å². The van der Waals surface area contributed by atoms with Crippen molar-refractivity contribution in [1.82, 2.24) is 9.97 Å². The maximum absolute atomic E-state index is 5.58. The number of thioether (sulfide) groups is 1. The van der Waals surface area contributed by atoms with Crippen LogP contribution in [0.4, 0.5) is 5.82 Å². The molecule has 1 aromatic heterocycles. The Labute approximate surface area is 130 Å². The van der Waals surface area contributed by atoms with E-state index in [1.165, 1.54) is 23.5 Å². The molecule has 3 N–H and O–H groups in total. The number of aromatic nitrogens is 2. The normalized spacial score (nSPS) is 13.0. The van der Waals surface area contributed by atoms with E-state index in [1.54, 1.807) is 6.07 Å². The number of hydrogen-bond acceptors (Lipinski definition) is 8. The summed E-state index contributed by atoms with van der Waals surface area (Å²) in [6, 6.07) is 7.65. The zero-order valence-electron chi connectivity index (χ0n) is 11.3. The molecule has 0 radical (unpaired) electrons. The summed E-state index contributed by atoms with van der Waals surface area (Å²) in [7, 11) is 0. The molecule has 0 saturated carbocycles. The van der Waals surface area contributed by atoms with Crippen molar-refractivity contribution in [3.8, 4) is 11.5 Å². The number of nitrogens with two attached hydrogens (primary N) is 1. The first-order valence-electron chi connectivity index (χ1n) is 6.25. The summed E-state index contributed by atoms with van der Waals surface area (Å²) in [6.07, 6.45) is 1.92. The van der Waals surface area contributed by atoms with Gasteiger partial charge in [-0.3, -0.25) is 0 Å². The van der Waals surface area contributed by atoms with Crippen molar-refractivity contribution in [2.75, 3.05) is 24.9 Å². The fourth-order valence-corrected chi connectivity index (χ4v) is 3.11. The van der Waals surface area contributed by atoms with Crippen molar-refractivity contribution < 1.29 is 9.47 Å². The lowest BCUT2D eigenvalue weighted by Gasteiger charge is -2.18. The minimum Gasteiger partial charge on any atom is -0.486 e. The highest BCUT2D eigenvalue weighted by Crippen LogP contribution is 2.36. The van der Waals surface area contributed by atoms with Crippen LogP contribution >= 0.6 is 23.5 Å². The number of hydrazine groups is 1. The second-order valence-corrected chi connectivity index (χ2v) is 6.00. The average Bonchev–Trinajstić information content (AvgIpc) is 2.54. The van der Waals surface area contributed by atoms with E-state index >= 15 is 0 Å². The van der Waals surface area contributed by atoms with Crippen LogP contribution in [0.1, 0.15) is 0 Å². The number of ether oxygens (including phenoxy) is 2. The van der Waals surface area contributed by atoms with Gasteiger partial charge in [0, 0.05) is 11.0 Å². The molecule has 2 heterocycles. The Balaban J connectivity index is 1.86. The van der Waals surface area contributed by atoms with Crippen molar-refractivity contribution >= 4 is 29.3 Å². The largest absolute Gasteiger partial charge is 0.486 e. The first-order chi connectivity index (χ1) is 10.3. The fourth-order valence-electron chi connectivity index (χ4n) is 1.83. The summed E-state index contributed by atoms with van der Waals surface area (Å²) >= 11 is 2.99. The van der Waals surface area contributed by atoms with E-state index in [0.29, 0.717) is 24.2 Å². The van der Waals surface area contributed by atoms with Gasteiger partial charge in [-0.2, -0.15) is 0 Å². The average molecular weight is 322 g/mol. The fraction of sp³-hybridized carbons (Fsp3) is 0.231. The molecule has 0 saturated heterocycles. The number of anilines is 1. The van der Waals surface area contributed by atoms with Gasteiger partial charge in [-0.05, 0) is 24.5 Å². The third-order valence-corrected chi connectivity index (χ3v) is 4.20. The topological polar surface area (TPSA) is 82.3 Å². The highest BCUT2D eigenvalue weighted by Gasteiger charge is 2.13. The van der Waals surface area contributed by atoms with Gasteiger partial charge in [-0.1, -0.05) is 23.5 Å². The molecule has 0 atom stereocenters. The third-order valence-electron chi connectivity index (χ3n) is 2.75. The molecule has 0 aliphatic carbocycles. The predicted molar refractivity (Wildman–Crippen MR) is 83.2 cm³/mol. The summed E-state index contributed by atoms with van der Waals surface area (Å²) in [5.41, 5.74) is 2.56. The lowest BCUT2D eigenvalue weighted by molar-refractivity contribution is 0.171. The van der Waals surface area contributed by atoms with E-state index in [0.717, 1.165) is 21.4 Å². The number of nitrogens with zero attached hydrogens (tertiary/aromatic N) is 2. The maximum Gasteiger partial charge on any atom is 0.190 e. The Bertz CT molecular complexity index is 632. The molecule has 1 aromatic carbocycles. The zero-order valence-corrected chi connectivity index (χ0v) is 13.0. The van der Waals surface area contributed by atoms with Crippen molar-refractivity contribution in [1.29, 1.82) is 0 Å². The number of fused-ring (bicyclic) bond motifs is 1. The van der Waals surface area contributed by atoms with Crippen LogP contribution in [0.5, 0.6) is 11.5 Å². The summed E-state index contributed by atoms with van der Waals surface area (Å²) in [6.45, 7) is 1.17. The molecular formula is C13H14N4O2S2. The smallest absolute Gasteiger partial charge is 0.190 e. The van der Waals surface area contributed by atoms with Crippen LogP contribution in [0.2, 0.25) is 0 Å². The van der Waals surface area contributed by atoms with Crippen LogP contribution in [0.3, 0.4) is 0 Å². The first kappa shape index (κ1) is 14.3. The molecule has 0 bridgehead atoms. The van der Waals surface area contributed by atoms with E-state index in [9.17, 15) is 0 Å². The van der Waals surface area contributed by atoms with Gasteiger partial charge in [0.1, 0.15) is 24.1 Å². The number of hydrogen-bond donors (Lipinski definition) is 2. The van der Waals surface area contributed by atoms with Gasteiger partial charge in [0.2, 0.25) is 0 Å². The van der Waals surface area contributed by atoms with Crippen molar-refractivity contribution in [2.24, 2.45) is 5.84 Å². The second-order valence-electron chi connectivity index (χ2n) is 4.13. The highest BCUT2D eigenvalue weighted by molar-refractivity contribution is 7.99. The number of nitrogens with one attached hydrogen (secondary N) is 1. The minimum atomic E-state index is 0.576. The molecule has 1 aliphatic rings. The molecule has 1 aliphatic heterocycles. The molecule has 2 aromatic rings. The van der Waals surface area contributed by atoms with Gasteiger partial charge < -0.3 is 14.9 Å². The number of benzene rings is 1. The van der Waals surface area contributed by atoms with E-state index in [-0.39, 0.29) is 0 Å². The lowest BCUT2D eigenvalue weighted by Crippen LogP contribution is -2.15. The van der Waals surface area contributed by atoms with Gasteiger partial charge in [0.05, 0.1) is 0 Å². The zero-order chi connectivity index (χ0) is 14.7. The molecule has 0 spiro atoms. The Morgan fingerprint density at radius 3 is 2.71 bits per heavy atom. The molecule has 0 fully saturated rings. The Morgan fingerprint density at radius 1 is 1.14 bits per heavy atom. The summed E-state index contributed by atoms with van der Waals surface area (Å²) in [5.74, 6) is 7.57. The van der Waals surface area contributed by atoms with Crippen molar-refractivity contribution in [3.63, 3.8) is 0 Å². The molecule has 8 heteroatoms. The minimum absolute atomic E-state index is 0.576. The maximum atomic E-state index is 5.58. The molecular weight excluding hydrogens is 308 g/mol. The van der Waals surface area contributed by atoms with Crippen molar-refractivity contribution in [3.05, 3.63) is 24.3 Å². The van der Waals surface area contributed by atoms with Gasteiger partial charge in [-0.25, -0.2) is 15.8 Å². The van der Waals surface area contributed by atoms with Crippen LogP contribution in [-0.4, -0.2) is 29.4 Å². The SMILES string of the molecule is CSc1nc(NN)cc(Sc2ccc3c(c2)OCCO3)n1. The van der Waals surface area contributed by atoms with Crippen LogP contribution in [0, 0.1) is 0 Å². The Morgan fingerprint density at radius 2 is 1.95 bits per heavy atom. The molecule has 0 unspecified atom stereocenters. The van der Waals surface area contributed by atoms with Crippen LogP contribution in [0.25, 0.3) is 0 Å². The molecule has 3 rings (SSSR count). The summed E-state index contributed by atoms with van der Waals surface area (Å²) < 4.78 is 11.1. The second kappa shape index (κ2) is 6.42. The Hall–Kier alpha value is -1.64. The van der Waals surface area contributed by atoms with E-state index < -0.39 is 0 Å². The molecule has 0 amide bonds. The Kier molecular flexibility index (Phi) is 4.37. The van der Waals surface area contributed by atoms with Gasteiger partial charge >= 0.3 is 0 Å². The standard InChI is InChI=1S/C13H14N4O2S2/c1-20-13-15-11(17-14)7-12(16-13)21-8-2-3-9-10(6-8)19-5-4-18-9/h2-3,6-7H,4-5,14H2,1H3,(H,15,16,17). The quantitative estimate of drug-likeness (QED) is 0.292. The van der Waals surface area contributed by atoms with Gasteiger partial charge in [0.15, 0.2) is 16.7 Å². The lowest BCUT2D eigenvalue weighted by atomic mass is 10.3. The molecule has 6 nitrogen and oxygen atoms in total. The number of nitrogen functional groups attached to an aromatic ring is 1. The molecule has 110 valence electrons. The van der Waals surface area contributed by atoms with Crippen LogP contribution < -0.4 is 20.7 Å². The van der Waals surface area contributed by atoms with E-state index in [2.05, 4.69) is 15.4 Å². The first-order valence-corrected chi connectivity index (χ1v) is 8.30. The van der Waals surface area contributed by atoms with E-state index in [4.69, 9.17) is 15.3 Å². The third kappa shape index (κ3) is 3.34. The van der Waals surface area contributed by atoms with Crippen molar-refractivity contribution in [2.45, 2.75) is 15.1 Å². The van der Waals surface area contributed by atoms with Crippen LogP contribution in [0.15, 0.2) is 39.3 Å². The highest BCUT2D eigenvalue weighted by atomic mass is 32.2. The summed E-state index contributed by atoms with van der Waals surface area (Å²) in [5, 5.41) is 1.49. The monoisotopic (exact) mass is 322 g/mol.